The molecule has 0 unspecified atom stereocenters. The van der Waals surface area contributed by atoms with Crippen molar-refractivity contribution in [2.45, 2.75) is 5.41 Å². The zero-order valence-electron chi connectivity index (χ0n) is 28.1. The standard InChI is InChI=1S/C49H29BO2/c1-2-14-33(31-28-46-48-47(29-31)52-45-24-12-10-22-43(45)50(48)42-21-9-11-23-44(42)51-46)32(13-1)30-25-26-37-36-17-5-8-20-40(36)49(41(37)27-30)38-18-6-3-15-34(38)35-16-4-7-19-39(35)49/h1-29H. The number of para-hydroxylation sites is 2. The van der Waals surface area contributed by atoms with Crippen LogP contribution in [0, 0.1) is 0 Å². The van der Waals surface area contributed by atoms with Gasteiger partial charge in [-0.15, -0.1) is 0 Å². The molecular weight excluding hydrogens is 631 g/mol. The van der Waals surface area contributed by atoms with Crippen LogP contribution in [-0.2, 0) is 5.41 Å². The Hall–Kier alpha value is -6.58. The Bertz CT molecular complexity index is 2700. The first kappa shape index (κ1) is 28.2. The molecule has 2 aliphatic carbocycles. The summed E-state index contributed by atoms with van der Waals surface area (Å²) >= 11 is 0. The van der Waals surface area contributed by atoms with E-state index >= 15 is 0 Å². The van der Waals surface area contributed by atoms with Gasteiger partial charge in [-0.05, 0) is 108 Å². The SMILES string of the molecule is c1ccc2c(c1)Oc1cc(-c3ccccc3-c3ccc4c(c3)C3(c5ccccc5-c5ccccc53)c3ccccc3-4)cc3c1B2c1ccccc1O3. The van der Waals surface area contributed by atoms with Crippen molar-refractivity contribution in [2.24, 2.45) is 0 Å². The van der Waals surface area contributed by atoms with Crippen LogP contribution in [0.2, 0.25) is 0 Å². The van der Waals surface area contributed by atoms with Crippen molar-refractivity contribution in [1.29, 1.82) is 0 Å². The quantitative estimate of drug-likeness (QED) is 0.172. The lowest BCUT2D eigenvalue weighted by Gasteiger charge is -2.33. The summed E-state index contributed by atoms with van der Waals surface area (Å²) in [6, 6.07) is 64.1. The minimum Gasteiger partial charge on any atom is -0.458 e. The molecule has 0 radical (unpaired) electrons. The molecule has 4 aliphatic rings. The number of ether oxygens (including phenoxy) is 2. The van der Waals surface area contributed by atoms with Gasteiger partial charge in [0.05, 0.1) is 5.41 Å². The summed E-state index contributed by atoms with van der Waals surface area (Å²) < 4.78 is 13.4. The van der Waals surface area contributed by atoms with E-state index in [1.807, 2.05) is 0 Å². The summed E-state index contributed by atoms with van der Waals surface area (Å²) in [6.45, 7) is 0.0518. The van der Waals surface area contributed by atoms with Crippen molar-refractivity contribution < 1.29 is 9.47 Å². The lowest BCUT2D eigenvalue weighted by Crippen LogP contribution is -2.57. The highest BCUT2D eigenvalue weighted by molar-refractivity contribution is 6.98. The van der Waals surface area contributed by atoms with Gasteiger partial charge in [0, 0.05) is 5.46 Å². The van der Waals surface area contributed by atoms with Crippen molar-refractivity contribution in [3.05, 3.63) is 198 Å². The second-order valence-electron chi connectivity index (χ2n) is 14.3. The lowest BCUT2D eigenvalue weighted by molar-refractivity contribution is 0.465. The minimum absolute atomic E-state index is 0.0518. The fourth-order valence-electron chi connectivity index (χ4n) is 9.80. The van der Waals surface area contributed by atoms with Crippen LogP contribution in [0.15, 0.2) is 176 Å². The number of hydrogen-bond acceptors (Lipinski definition) is 2. The van der Waals surface area contributed by atoms with Gasteiger partial charge in [-0.3, -0.25) is 0 Å². The Labute approximate surface area is 302 Å². The van der Waals surface area contributed by atoms with Crippen LogP contribution in [0.3, 0.4) is 0 Å². The van der Waals surface area contributed by atoms with Gasteiger partial charge in [0.15, 0.2) is 0 Å². The van der Waals surface area contributed by atoms with Crippen molar-refractivity contribution in [3.8, 4) is 67.5 Å². The first-order chi connectivity index (χ1) is 25.8. The maximum atomic E-state index is 6.69. The second kappa shape index (κ2) is 10.2. The highest BCUT2D eigenvalue weighted by atomic mass is 16.5. The summed E-state index contributed by atoms with van der Waals surface area (Å²) in [5.74, 6) is 3.49. The summed E-state index contributed by atoms with van der Waals surface area (Å²) in [6.07, 6.45) is 0. The molecule has 0 atom stereocenters. The molecule has 12 rings (SSSR count). The molecular formula is C49H29BO2. The fourth-order valence-corrected chi connectivity index (χ4v) is 9.80. The zero-order valence-corrected chi connectivity index (χ0v) is 28.1. The van der Waals surface area contributed by atoms with Crippen molar-refractivity contribution in [2.75, 3.05) is 0 Å². The third-order valence-corrected chi connectivity index (χ3v) is 11.8. The Kier molecular flexibility index (Phi) is 5.55. The van der Waals surface area contributed by atoms with Crippen LogP contribution >= 0.6 is 0 Å². The molecule has 240 valence electrons. The summed E-state index contributed by atoms with van der Waals surface area (Å²) in [4.78, 5) is 0. The van der Waals surface area contributed by atoms with Gasteiger partial charge < -0.3 is 9.47 Å². The molecule has 1 spiro atoms. The van der Waals surface area contributed by atoms with Crippen molar-refractivity contribution >= 4 is 23.1 Å². The van der Waals surface area contributed by atoms with Crippen LogP contribution in [0.5, 0.6) is 23.0 Å². The van der Waals surface area contributed by atoms with E-state index in [0.29, 0.717) is 0 Å². The van der Waals surface area contributed by atoms with Gasteiger partial charge in [0.1, 0.15) is 23.0 Å². The Balaban J connectivity index is 1.07. The monoisotopic (exact) mass is 660 g/mol. The van der Waals surface area contributed by atoms with Gasteiger partial charge in [-0.25, -0.2) is 0 Å². The largest absolute Gasteiger partial charge is 0.458 e. The Morgan fingerprint density at radius 2 is 0.750 bits per heavy atom. The first-order valence-electron chi connectivity index (χ1n) is 18.0. The normalized spacial score (nSPS) is 14.2. The Morgan fingerprint density at radius 1 is 0.327 bits per heavy atom. The van der Waals surface area contributed by atoms with Crippen molar-refractivity contribution in [3.63, 3.8) is 0 Å². The van der Waals surface area contributed by atoms with Crippen LogP contribution in [0.25, 0.3) is 44.5 Å². The molecule has 0 bridgehead atoms. The van der Waals surface area contributed by atoms with Crippen LogP contribution in [0.4, 0.5) is 0 Å². The van der Waals surface area contributed by atoms with E-state index in [-0.39, 0.29) is 6.71 Å². The zero-order chi connectivity index (χ0) is 34.0. The topological polar surface area (TPSA) is 18.5 Å². The summed E-state index contributed by atoms with van der Waals surface area (Å²) in [5, 5.41) is 0. The molecule has 8 aromatic rings. The molecule has 0 aromatic heterocycles. The minimum atomic E-state index is -0.391. The van der Waals surface area contributed by atoms with Crippen LogP contribution in [-0.4, -0.2) is 6.71 Å². The molecule has 0 fully saturated rings. The van der Waals surface area contributed by atoms with Gasteiger partial charge in [0.2, 0.25) is 0 Å². The maximum absolute atomic E-state index is 6.69. The van der Waals surface area contributed by atoms with Gasteiger partial charge >= 0.3 is 0 Å². The van der Waals surface area contributed by atoms with E-state index in [0.717, 1.165) is 39.6 Å². The first-order valence-corrected chi connectivity index (χ1v) is 18.0. The summed E-state index contributed by atoms with van der Waals surface area (Å²) in [5.41, 5.74) is 18.2. The van der Waals surface area contributed by atoms with Gasteiger partial charge in [-0.1, -0.05) is 146 Å². The van der Waals surface area contributed by atoms with E-state index in [2.05, 4.69) is 176 Å². The van der Waals surface area contributed by atoms with Crippen LogP contribution < -0.4 is 25.9 Å². The molecule has 8 aromatic carbocycles. The number of hydrogen-bond donors (Lipinski definition) is 0. The highest BCUT2D eigenvalue weighted by Crippen LogP contribution is 2.63. The smallest absolute Gasteiger partial charge is 0.260 e. The highest BCUT2D eigenvalue weighted by Gasteiger charge is 2.51. The van der Waals surface area contributed by atoms with E-state index < -0.39 is 5.41 Å². The van der Waals surface area contributed by atoms with E-state index in [1.165, 1.54) is 66.6 Å². The molecule has 52 heavy (non-hydrogen) atoms. The third-order valence-electron chi connectivity index (χ3n) is 11.8. The van der Waals surface area contributed by atoms with Gasteiger partial charge in [0.25, 0.3) is 6.71 Å². The predicted octanol–water partition coefficient (Wildman–Crippen LogP) is 10.1. The number of fused-ring (bicyclic) bond motifs is 14. The second-order valence-corrected chi connectivity index (χ2v) is 14.3. The fraction of sp³-hybridized carbons (Fsp3) is 0.0204. The molecule has 0 saturated carbocycles. The molecule has 0 amide bonds. The van der Waals surface area contributed by atoms with E-state index in [4.69, 9.17) is 9.47 Å². The van der Waals surface area contributed by atoms with Gasteiger partial charge in [-0.2, -0.15) is 0 Å². The third kappa shape index (κ3) is 3.55. The Morgan fingerprint density at radius 3 is 1.29 bits per heavy atom. The van der Waals surface area contributed by atoms with Crippen LogP contribution in [0.1, 0.15) is 22.3 Å². The average Bonchev–Trinajstić information content (AvgIpc) is 3.68. The van der Waals surface area contributed by atoms with Crippen molar-refractivity contribution in [1.82, 2.24) is 0 Å². The lowest BCUT2D eigenvalue weighted by atomic mass is 9.35. The van der Waals surface area contributed by atoms with E-state index in [1.54, 1.807) is 0 Å². The van der Waals surface area contributed by atoms with E-state index in [9.17, 15) is 0 Å². The number of rotatable bonds is 2. The average molecular weight is 661 g/mol. The summed E-state index contributed by atoms with van der Waals surface area (Å²) in [7, 11) is 0. The maximum Gasteiger partial charge on any atom is 0.260 e. The molecule has 2 heterocycles. The molecule has 0 saturated heterocycles. The molecule has 2 aliphatic heterocycles. The predicted molar refractivity (Wildman–Crippen MR) is 211 cm³/mol. The number of benzene rings is 8. The molecule has 3 heteroatoms. The molecule has 2 nitrogen and oxygen atoms in total. The molecule has 0 N–H and O–H groups in total.